The second-order valence-electron chi connectivity index (χ2n) is 7.81. The van der Waals surface area contributed by atoms with E-state index in [1.807, 2.05) is 37.3 Å². The molecular weight excluding hydrogens is 360 g/mol. The van der Waals surface area contributed by atoms with Gasteiger partial charge in [0.05, 0.1) is 13.0 Å². The van der Waals surface area contributed by atoms with Crippen LogP contribution in [-0.4, -0.2) is 30.7 Å². The van der Waals surface area contributed by atoms with Gasteiger partial charge in [-0.1, -0.05) is 13.0 Å². The minimum atomic E-state index is -0.258. The van der Waals surface area contributed by atoms with Crippen molar-refractivity contribution in [3.63, 3.8) is 0 Å². The number of rotatable bonds is 4. The van der Waals surface area contributed by atoms with Crippen LogP contribution in [0.2, 0.25) is 0 Å². The number of fused-ring (bicyclic) bond motifs is 3. The molecule has 0 unspecified atom stereocenters. The fourth-order valence-corrected chi connectivity index (χ4v) is 5.70. The summed E-state index contributed by atoms with van der Waals surface area (Å²) < 4.78 is 11.0. The number of ether oxygens (including phenoxy) is 2. The van der Waals surface area contributed by atoms with E-state index in [-0.39, 0.29) is 35.1 Å². The summed E-state index contributed by atoms with van der Waals surface area (Å²) in [6.07, 6.45) is 5.31. The first-order valence-electron chi connectivity index (χ1n) is 9.35. The highest BCUT2D eigenvalue weighted by molar-refractivity contribution is 7.99. The quantitative estimate of drug-likeness (QED) is 0.575. The summed E-state index contributed by atoms with van der Waals surface area (Å²) in [5, 5.41) is 0. The molecule has 1 saturated carbocycles. The predicted octanol–water partition coefficient (Wildman–Crippen LogP) is 4.20. The molecule has 1 aliphatic heterocycles. The van der Waals surface area contributed by atoms with Crippen molar-refractivity contribution in [1.29, 1.82) is 0 Å². The van der Waals surface area contributed by atoms with Gasteiger partial charge in [-0.2, -0.15) is 0 Å². The van der Waals surface area contributed by atoms with E-state index in [4.69, 9.17) is 9.47 Å². The van der Waals surface area contributed by atoms with E-state index < -0.39 is 0 Å². The predicted molar refractivity (Wildman–Crippen MR) is 105 cm³/mol. The average molecular weight is 384 g/mol. The lowest BCUT2D eigenvalue weighted by atomic mass is 9.62. The van der Waals surface area contributed by atoms with Gasteiger partial charge in [-0.3, -0.25) is 9.59 Å². The van der Waals surface area contributed by atoms with Crippen LogP contribution < -0.4 is 4.74 Å². The molecule has 0 amide bonds. The Labute approximate surface area is 164 Å². The minimum Gasteiger partial charge on any atom is -0.497 e. The smallest absolute Gasteiger partial charge is 0.310 e. The van der Waals surface area contributed by atoms with Crippen molar-refractivity contribution in [3.05, 3.63) is 47.6 Å². The number of methoxy groups -OCH3 is 1. The molecule has 0 aromatic heterocycles. The van der Waals surface area contributed by atoms with Crippen molar-refractivity contribution in [3.8, 4) is 5.75 Å². The van der Waals surface area contributed by atoms with Gasteiger partial charge in [0.1, 0.15) is 11.9 Å². The van der Waals surface area contributed by atoms with E-state index in [9.17, 15) is 9.59 Å². The van der Waals surface area contributed by atoms with Crippen LogP contribution in [0.25, 0.3) is 0 Å². The monoisotopic (exact) mass is 384 g/mol. The first-order valence-corrected chi connectivity index (χ1v) is 10.3. The Bertz CT molecular complexity index is 838. The third kappa shape index (κ3) is 3.12. The zero-order valence-corrected chi connectivity index (χ0v) is 16.7. The molecule has 4 atom stereocenters. The Morgan fingerprint density at radius 2 is 2.00 bits per heavy atom. The van der Waals surface area contributed by atoms with Gasteiger partial charge in [0.15, 0.2) is 5.78 Å². The van der Waals surface area contributed by atoms with Gasteiger partial charge >= 0.3 is 5.97 Å². The lowest BCUT2D eigenvalue weighted by molar-refractivity contribution is -0.143. The molecule has 142 valence electrons. The van der Waals surface area contributed by atoms with E-state index in [0.717, 1.165) is 34.6 Å². The number of ketones is 1. The van der Waals surface area contributed by atoms with Crippen molar-refractivity contribution >= 4 is 23.5 Å². The van der Waals surface area contributed by atoms with Crippen LogP contribution in [0.5, 0.6) is 5.75 Å². The number of carbonyl (C=O) groups excluding carboxylic acids is 2. The Hall–Kier alpha value is -2.01. The maximum Gasteiger partial charge on any atom is 0.310 e. The number of carbonyl (C=O) groups is 2. The molecule has 0 spiro atoms. The molecule has 3 aliphatic rings. The summed E-state index contributed by atoms with van der Waals surface area (Å²) in [6, 6.07) is 7.88. The van der Waals surface area contributed by atoms with Crippen LogP contribution in [0.4, 0.5) is 0 Å². The zero-order valence-electron chi connectivity index (χ0n) is 15.9. The second-order valence-corrected chi connectivity index (χ2v) is 8.90. The lowest BCUT2D eigenvalue weighted by Gasteiger charge is -2.43. The summed E-state index contributed by atoms with van der Waals surface area (Å²) in [6.45, 7) is 4.02. The van der Waals surface area contributed by atoms with Crippen molar-refractivity contribution in [2.45, 2.75) is 37.7 Å². The van der Waals surface area contributed by atoms with Crippen molar-refractivity contribution < 1.29 is 19.1 Å². The fourth-order valence-electron chi connectivity index (χ4n) is 4.62. The van der Waals surface area contributed by atoms with Gasteiger partial charge in [0.2, 0.25) is 0 Å². The first-order chi connectivity index (χ1) is 12.9. The molecular formula is C22H24O4S. The van der Waals surface area contributed by atoms with Gasteiger partial charge in [0, 0.05) is 27.6 Å². The van der Waals surface area contributed by atoms with E-state index in [1.165, 1.54) is 0 Å². The van der Waals surface area contributed by atoms with Gasteiger partial charge in [-0.05, 0) is 55.7 Å². The zero-order chi connectivity index (χ0) is 19.2. The largest absolute Gasteiger partial charge is 0.497 e. The topological polar surface area (TPSA) is 52.6 Å². The lowest BCUT2D eigenvalue weighted by Crippen LogP contribution is -2.40. The van der Waals surface area contributed by atoms with Crippen molar-refractivity contribution in [1.82, 2.24) is 0 Å². The number of hydrogen-bond acceptors (Lipinski definition) is 5. The molecule has 1 aromatic carbocycles. The Kier molecular flexibility index (Phi) is 4.66. The van der Waals surface area contributed by atoms with E-state index in [2.05, 4.69) is 6.92 Å². The van der Waals surface area contributed by atoms with Gasteiger partial charge in [-0.15, -0.1) is 11.8 Å². The third-order valence-electron chi connectivity index (χ3n) is 6.21. The molecule has 1 aromatic rings. The molecule has 5 heteroatoms. The van der Waals surface area contributed by atoms with E-state index >= 15 is 0 Å². The fraction of sp³-hybridized carbons (Fsp3) is 0.455. The highest BCUT2D eigenvalue weighted by Gasteiger charge is 2.54. The Morgan fingerprint density at radius 3 is 2.70 bits per heavy atom. The average Bonchev–Trinajstić information content (AvgIpc) is 2.98. The Balaban J connectivity index is 1.53. The molecule has 0 bridgehead atoms. The maximum absolute atomic E-state index is 12.6. The molecule has 0 radical (unpaired) electrons. The van der Waals surface area contributed by atoms with Crippen LogP contribution in [0.15, 0.2) is 52.5 Å². The highest BCUT2D eigenvalue weighted by atomic mass is 32.2. The number of thioether (sulfide) groups is 1. The Morgan fingerprint density at radius 1 is 1.26 bits per heavy atom. The third-order valence-corrected chi connectivity index (χ3v) is 7.34. The van der Waals surface area contributed by atoms with Crippen LogP contribution >= 0.6 is 11.8 Å². The van der Waals surface area contributed by atoms with Crippen molar-refractivity contribution in [2.75, 3.05) is 12.9 Å². The SMILES string of the molecule is COc1ccc(SC[C@@H]2C(=O)O[C@@H]3C4=C(C)C(=O)C=C[C@]4(C)CC[C@@H]23)cc1. The van der Waals surface area contributed by atoms with Gasteiger partial charge < -0.3 is 9.47 Å². The summed E-state index contributed by atoms with van der Waals surface area (Å²) in [7, 11) is 1.65. The highest BCUT2D eigenvalue weighted by Crippen LogP contribution is 2.53. The molecule has 2 aliphatic carbocycles. The van der Waals surface area contributed by atoms with E-state index in [1.54, 1.807) is 24.9 Å². The summed E-state index contributed by atoms with van der Waals surface area (Å²) in [4.78, 5) is 26.0. The summed E-state index contributed by atoms with van der Waals surface area (Å²) in [5.41, 5.74) is 1.61. The number of hydrogen-bond donors (Lipinski definition) is 0. The normalized spacial score (nSPS) is 32.2. The van der Waals surface area contributed by atoms with Crippen LogP contribution in [0.3, 0.4) is 0 Å². The molecule has 4 rings (SSSR count). The van der Waals surface area contributed by atoms with E-state index in [0.29, 0.717) is 5.75 Å². The summed E-state index contributed by atoms with van der Waals surface area (Å²) in [5.74, 6) is 1.45. The molecule has 27 heavy (non-hydrogen) atoms. The number of benzene rings is 1. The molecule has 0 N–H and O–H groups in total. The minimum absolute atomic E-state index is 0.0373. The van der Waals surface area contributed by atoms with Crippen LogP contribution in [-0.2, 0) is 14.3 Å². The van der Waals surface area contributed by atoms with Crippen molar-refractivity contribution in [2.24, 2.45) is 17.3 Å². The van der Waals surface area contributed by atoms with Gasteiger partial charge in [-0.25, -0.2) is 0 Å². The molecule has 1 heterocycles. The molecule has 4 nitrogen and oxygen atoms in total. The second kappa shape index (κ2) is 6.86. The standard InChI is InChI=1S/C22H24O4S/c1-13-18(23)9-11-22(2)10-8-16-17(21(24)26-20(16)19(13)22)12-27-15-6-4-14(25-3)5-7-15/h4-7,9,11,16-17,20H,8,10,12H2,1-3H3/t16-,17-,20-,22-/m0/s1. The first kappa shape index (κ1) is 18.4. The molecule has 2 fully saturated rings. The number of esters is 1. The van der Waals surface area contributed by atoms with Crippen LogP contribution in [0.1, 0.15) is 26.7 Å². The van der Waals surface area contributed by atoms with Gasteiger partial charge in [0.25, 0.3) is 0 Å². The maximum atomic E-state index is 12.6. The molecule has 1 saturated heterocycles. The number of allylic oxidation sites excluding steroid dienone is 3. The van der Waals surface area contributed by atoms with Crippen LogP contribution in [0, 0.1) is 17.3 Å². The summed E-state index contributed by atoms with van der Waals surface area (Å²) >= 11 is 1.67.